The van der Waals surface area contributed by atoms with Crippen LogP contribution in [-0.2, 0) is 0 Å². The third-order valence-corrected chi connectivity index (χ3v) is 3.38. The molecular formula is C18H16. The fraction of sp³-hybridized carbons (Fsp3) is 0.111. The van der Waals surface area contributed by atoms with Crippen LogP contribution in [0.25, 0.3) is 21.9 Å². The van der Waals surface area contributed by atoms with E-state index < -0.39 is 0 Å². The summed E-state index contributed by atoms with van der Waals surface area (Å²) in [6.07, 6.45) is 0. The van der Waals surface area contributed by atoms with Crippen molar-refractivity contribution in [2.75, 3.05) is 0 Å². The Morgan fingerprint density at radius 2 is 1.11 bits per heavy atom. The van der Waals surface area contributed by atoms with Gasteiger partial charge >= 0.3 is 0 Å². The zero-order valence-electron chi connectivity index (χ0n) is 10.8. The van der Waals surface area contributed by atoms with Gasteiger partial charge in [-0.1, -0.05) is 65.7 Å². The van der Waals surface area contributed by atoms with E-state index in [1.54, 1.807) is 0 Å². The Kier molecular flexibility index (Phi) is 2.64. The maximum Gasteiger partial charge on any atom is -0.0175 e. The van der Waals surface area contributed by atoms with Crippen LogP contribution in [-0.4, -0.2) is 0 Å². The molecule has 0 heteroatoms. The quantitative estimate of drug-likeness (QED) is 0.546. The van der Waals surface area contributed by atoms with E-state index in [2.05, 4.69) is 74.5 Å². The lowest BCUT2D eigenvalue weighted by atomic mass is 9.99. The Morgan fingerprint density at radius 3 is 1.89 bits per heavy atom. The molecule has 0 radical (unpaired) electrons. The number of hydrogen-bond donors (Lipinski definition) is 0. The van der Waals surface area contributed by atoms with Crippen LogP contribution in [0.1, 0.15) is 11.1 Å². The zero-order valence-corrected chi connectivity index (χ0v) is 10.8. The van der Waals surface area contributed by atoms with Crippen LogP contribution in [0.5, 0.6) is 0 Å². The molecule has 0 heterocycles. The highest BCUT2D eigenvalue weighted by atomic mass is 14.0. The molecule has 0 aromatic heterocycles. The highest BCUT2D eigenvalue weighted by Gasteiger charge is 1.99. The minimum atomic E-state index is 1.28. The smallest absolute Gasteiger partial charge is 0.0175 e. The van der Waals surface area contributed by atoms with Gasteiger partial charge < -0.3 is 0 Å². The number of aryl methyl sites for hydroxylation is 2. The van der Waals surface area contributed by atoms with Crippen LogP contribution in [0.2, 0.25) is 0 Å². The van der Waals surface area contributed by atoms with Gasteiger partial charge in [-0.25, -0.2) is 0 Å². The summed E-state index contributed by atoms with van der Waals surface area (Å²) in [6, 6.07) is 22.0. The molecule has 18 heavy (non-hydrogen) atoms. The van der Waals surface area contributed by atoms with Crippen LogP contribution in [0.15, 0.2) is 60.7 Å². The molecule has 0 bridgehead atoms. The molecule has 0 fully saturated rings. The summed E-state index contributed by atoms with van der Waals surface area (Å²) in [5.74, 6) is 0. The molecule has 0 spiro atoms. The summed E-state index contributed by atoms with van der Waals surface area (Å²) in [5, 5.41) is 2.62. The first kappa shape index (κ1) is 11.0. The van der Waals surface area contributed by atoms with Gasteiger partial charge in [0, 0.05) is 0 Å². The molecule has 0 saturated carbocycles. The van der Waals surface area contributed by atoms with Crippen molar-refractivity contribution in [2.45, 2.75) is 13.8 Å². The number of benzene rings is 3. The largest absolute Gasteiger partial charge is 0.0587 e. The Bertz CT molecular complexity index is 691. The first-order valence-corrected chi connectivity index (χ1v) is 6.30. The topological polar surface area (TPSA) is 0 Å². The van der Waals surface area contributed by atoms with Crippen molar-refractivity contribution in [1.29, 1.82) is 0 Å². The van der Waals surface area contributed by atoms with E-state index in [0.29, 0.717) is 0 Å². The number of fused-ring (bicyclic) bond motifs is 1. The molecular weight excluding hydrogens is 216 g/mol. The molecule has 0 aliphatic heterocycles. The second kappa shape index (κ2) is 4.30. The summed E-state index contributed by atoms with van der Waals surface area (Å²) < 4.78 is 0. The lowest BCUT2D eigenvalue weighted by molar-refractivity contribution is 1.47. The maximum absolute atomic E-state index is 2.27. The van der Waals surface area contributed by atoms with Gasteiger partial charge in [-0.15, -0.1) is 0 Å². The lowest BCUT2D eigenvalue weighted by Gasteiger charge is -2.05. The summed E-state index contributed by atoms with van der Waals surface area (Å²) in [5.41, 5.74) is 5.18. The Balaban J connectivity index is 2.15. The average Bonchev–Trinajstić information content (AvgIpc) is 2.38. The molecule has 3 aromatic carbocycles. The van der Waals surface area contributed by atoms with E-state index in [9.17, 15) is 0 Å². The first-order valence-electron chi connectivity index (χ1n) is 6.30. The van der Waals surface area contributed by atoms with E-state index in [1.165, 1.54) is 33.0 Å². The number of rotatable bonds is 1. The van der Waals surface area contributed by atoms with Crippen LogP contribution >= 0.6 is 0 Å². The van der Waals surface area contributed by atoms with Crippen LogP contribution in [0.3, 0.4) is 0 Å². The van der Waals surface area contributed by atoms with Crippen molar-refractivity contribution in [3.8, 4) is 11.1 Å². The molecule has 0 nitrogen and oxygen atoms in total. The fourth-order valence-corrected chi connectivity index (χ4v) is 2.29. The van der Waals surface area contributed by atoms with Gasteiger partial charge in [-0.05, 0) is 41.8 Å². The Hall–Kier alpha value is -2.08. The summed E-state index contributed by atoms with van der Waals surface area (Å²) in [7, 11) is 0. The molecule has 3 rings (SSSR count). The summed E-state index contributed by atoms with van der Waals surface area (Å²) in [6.45, 7) is 4.26. The molecule has 0 unspecified atom stereocenters. The predicted octanol–water partition coefficient (Wildman–Crippen LogP) is 5.12. The van der Waals surface area contributed by atoms with Gasteiger partial charge in [0.25, 0.3) is 0 Å². The minimum Gasteiger partial charge on any atom is -0.0587 e. The zero-order chi connectivity index (χ0) is 12.5. The highest BCUT2D eigenvalue weighted by molar-refractivity contribution is 5.87. The van der Waals surface area contributed by atoms with Gasteiger partial charge in [-0.2, -0.15) is 0 Å². The Morgan fingerprint density at radius 1 is 0.500 bits per heavy atom. The highest BCUT2D eigenvalue weighted by Crippen LogP contribution is 2.25. The van der Waals surface area contributed by atoms with Crippen LogP contribution < -0.4 is 0 Å². The molecule has 0 N–H and O–H groups in total. The normalized spacial score (nSPS) is 10.8. The number of hydrogen-bond acceptors (Lipinski definition) is 0. The van der Waals surface area contributed by atoms with Crippen LogP contribution in [0, 0.1) is 13.8 Å². The van der Waals surface area contributed by atoms with Crippen molar-refractivity contribution in [3.63, 3.8) is 0 Å². The third kappa shape index (κ3) is 2.02. The van der Waals surface area contributed by atoms with Gasteiger partial charge in [0.1, 0.15) is 0 Å². The van der Waals surface area contributed by atoms with Crippen molar-refractivity contribution < 1.29 is 0 Å². The molecule has 88 valence electrons. The van der Waals surface area contributed by atoms with Gasteiger partial charge in [0.15, 0.2) is 0 Å². The summed E-state index contributed by atoms with van der Waals surface area (Å²) >= 11 is 0. The standard InChI is InChI=1S/C18H16/c1-13-3-6-15(7-4-13)17-10-9-16-8-5-14(2)11-18(16)12-17/h3-12H,1-2H3. The van der Waals surface area contributed by atoms with E-state index in [-0.39, 0.29) is 0 Å². The monoisotopic (exact) mass is 232 g/mol. The third-order valence-electron chi connectivity index (χ3n) is 3.38. The van der Waals surface area contributed by atoms with E-state index in [4.69, 9.17) is 0 Å². The van der Waals surface area contributed by atoms with Gasteiger partial charge in [0.05, 0.1) is 0 Å². The molecule has 0 saturated heterocycles. The first-order chi connectivity index (χ1) is 8.72. The SMILES string of the molecule is Cc1ccc(-c2ccc3ccc(C)cc3c2)cc1. The van der Waals surface area contributed by atoms with Crippen molar-refractivity contribution in [1.82, 2.24) is 0 Å². The summed E-state index contributed by atoms with van der Waals surface area (Å²) in [4.78, 5) is 0. The average molecular weight is 232 g/mol. The van der Waals surface area contributed by atoms with E-state index in [0.717, 1.165) is 0 Å². The molecule has 0 aliphatic rings. The maximum atomic E-state index is 2.27. The van der Waals surface area contributed by atoms with E-state index >= 15 is 0 Å². The predicted molar refractivity (Wildman–Crippen MR) is 78.9 cm³/mol. The second-order valence-corrected chi connectivity index (χ2v) is 4.93. The molecule has 0 atom stereocenters. The van der Waals surface area contributed by atoms with Gasteiger partial charge in [-0.3, -0.25) is 0 Å². The molecule has 3 aromatic rings. The van der Waals surface area contributed by atoms with Crippen molar-refractivity contribution in [3.05, 3.63) is 71.8 Å². The van der Waals surface area contributed by atoms with Gasteiger partial charge in [0.2, 0.25) is 0 Å². The van der Waals surface area contributed by atoms with Crippen LogP contribution in [0.4, 0.5) is 0 Å². The second-order valence-electron chi connectivity index (χ2n) is 4.93. The lowest BCUT2D eigenvalue weighted by Crippen LogP contribution is -1.81. The Labute approximate surface area is 108 Å². The molecule has 0 amide bonds. The minimum absolute atomic E-state index is 1.28. The van der Waals surface area contributed by atoms with E-state index in [1.807, 2.05) is 0 Å². The fourth-order valence-electron chi connectivity index (χ4n) is 2.29. The van der Waals surface area contributed by atoms with Crippen molar-refractivity contribution >= 4 is 10.8 Å². The molecule has 0 aliphatic carbocycles. The van der Waals surface area contributed by atoms with Crippen molar-refractivity contribution in [2.24, 2.45) is 0 Å².